The number of nitrogens with zero attached hydrogens (tertiary/aromatic N) is 1. The molecule has 2 aromatic rings. The SMILES string of the molecule is O=C(NCc1n[nH]c(=S)s1)OCc1ccccc1. The number of H-pyrrole nitrogens is 1. The monoisotopic (exact) mass is 281 g/mol. The summed E-state index contributed by atoms with van der Waals surface area (Å²) < 4.78 is 5.63. The van der Waals surface area contributed by atoms with Crippen LogP contribution in [-0.4, -0.2) is 16.3 Å². The second-order valence-electron chi connectivity index (χ2n) is 3.42. The van der Waals surface area contributed by atoms with E-state index in [1.54, 1.807) is 0 Å². The van der Waals surface area contributed by atoms with Crippen molar-refractivity contribution >= 4 is 29.6 Å². The highest BCUT2D eigenvalue weighted by Gasteiger charge is 2.04. The highest BCUT2D eigenvalue weighted by molar-refractivity contribution is 7.73. The van der Waals surface area contributed by atoms with Crippen molar-refractivity contribution in [2.24, 2.45) is 0 Å². The molecule has 1 aromatic carbocycles. The summed E-state index contributed by atoms with van der Waals surface area (Å²) in [5, 5.41) is 9.89. The molecule has 0 radical (unpaired) electrons. The predicted octanol–water partition coefficient (Wildman–Crippen LogP) is 2.63. The van der Waals surface area contributed by atoms with Gasteiger partial charge in [-0.15, -0.1) is 0 Å². The molecule has 0 atom stereocenters. The van der Waals surface area contributed by atoms with Gasteiger partial charge in [-0.05, 0) is 17.8 Å². The summed E-state index contributed by atoms with van der Waals surface area (Å²) in [7, 11) is 0. The van der Waals surface area contributed by atoms with Gasteiger partial charge in [0.15, 0.2) is 3.95 Å². The van der Waals surface area contributed by atoms with Crippen molar-refractivity contribution < 1.29 is 9.53 Å². The molecule has 0 aliphatic carbocycles. The Hall–Kier alpha value is -1.73. The average Bonchev–Trinajstić information content (AvgIpc) is 2.81. The minimum absolute atomic E-state index is 0.253. The molecule has 0 aliphatic rings. The standard InChI is InChI=1S/C11H11N3O2S2/c15-10(12-6-9-13-14-11(17)18-9)16-7-8-4-2-1-3-5-8/h1-5H,6-7H2,(H,12,15)(H,14,17). The number of nitrogens with one attached hydrogen (secondary N) is 2. The van der Waals surface area contributed by atoms with Crippen molar-refractivity contribution in [1.29, 1.82) is 0 Å². The van der Waals surface area contributed by atoms with E-state index in [2.05, 4.69) is 15.5 Å². The molecule has 7 heteroatoms. The van der Waals surface area contributed by atoms with E-state index in [1.807, 2.05) is 30.3 Å². The van der Waals surface area contributed by atoms with Crippen LogP contribution in [0.15, 0.2) is 30.3 Å². The van der Waals surface area contributed by atoms with Crippen molar-refractivity contribution in [1.82, 2.24) is 15.5 Å². The van der Waals surface area contributed by atoms with Crippen molar-refractivity contribution in [3.05, 3.63) is 44.9 Å². The van der Waals surface area contributed by atoms with Crippen LogP contribution in [0.25, 0.3) is 0 Å². The largest absolute Gasteiger partial charge is 0.445 e. The van der Waals surface area contributed by atoms with E-state index in [9.17, 15) is 4.79 Å². The maximum absolute atomic E-state index is 11.4. The van der Waals surface area contributed by atoms with Gasteiger partial charge in [0.05, 0.1) is 6.54 Å². The molecule has 94 valence electrons. The van der Waals surface area contributed by atoms with Crippen LogP contribution in [-0.2, 0) is 17.9 Å². The van der Waals surface area contributed by atoms with Crippen molar-refractivity contribution in [2.75, 3.05) is 0 Å². The Morgan fingerprint density at radius 2 is 2.22 bits per heavy atom. The molecule has 1 heterocycles. The van der Waals surface area contributed by atoms with Gasteiger partial charge < -0.3 is 10.1 Å². The molecule has 0 bridgehead atoms. The van der Waals surface area contributed by atoms with Crippen LogP contribution in [0.3, 0.4) is 0 Å². The zero-order valence-electron chi connectivity index (χ0n) is 9.38. The summed E-state index contributed by atoms with van der Waals surface area (Å²) in [6.07, 6.45) is -0.472. The fourth-order valence-electron chi connectivity index (χ4n) is 1.26. The molecule has 0 saturated heterocycles. The van der Waals surface area contributed by atoms with Crippen molar-refractivity contribution in [2.45, 2.75) is 13.2 Å². The first-order valence-corrected chi connectivity index (χ1v) is 6.45. The number of aromatic amines is 1. The predicted molar refractivity (Wildman–Crippen MR) is 70.8 cm³/mol. The number of rotatable bonds is 4. The lowest BCUT2D eigenvalue weighted by Gasteiger charge is -2.05. The van der Waals surface area contributed by atoms with Crippen LogP contribution in [0.2, 0.25) is 0 Å². The van der Waals surface area contributed by atoms with Gasteiger partial charge in [-0.3, -0.25) is 5.10 Å². The number of ether oxygens (including phenoxy) is 1. The Morgan fingerprint density at radius 1 is 1.44 bits per heavy atom. The zero-order valence-corrected chi connectivity index (χ0v) is 11.0. The van der Waals surface area contributed by atoms with Gasteiger partial charge >= 0.3 is 6.09 Å². The fourth-order valence-corrected chi connectivity index (χ4v) is 2.13. The number of hydrogen-bond donors (Lipinski definition) is 2. The minimum Gasteiger partial charge on any atom is -0.445 e. The van der Waals surface area contributed by atoms with Gasteiger partial charge in [0.1, 0.15) is 11.6 Å². The highest BCUT2D eigenvalue weighted by atomic mass is 32.1. The quantitative estimate of drug-likeness (QED) is 0.845. The first-order chi connectivity index (χ1) is 8.74. The highest BCUT2D eigenvalue weighted by Crippen LogP contribution is 2.04. The third kappa shape index (κ3) is 3.94. The Bertz CT molecular complexity index is 565. The Morgan fingerprint density at radius 3 is 2.89 bits per heavy atom. The average molecular weight is 281 g/mol. The molecular weight excluding hydrogens is 270 g/mol. The van der Waals surface area contributed by atoms with Crippen LogP contribution in [0.5, 0.6) is 0 Å². The summed E-state index contributed by atoms with van der Waals surface area (Å²) >= 11 is 6.21. The van der Waals surface area contributed by atoms with E-state index in [4.69, 9.17) is 17.0 Å². The summed E-state index contributed by atoms with van der Waals surface area (Å²) in [5.41, 5.74) is 0.947. The van der Waals surface area contributed by atoms with E-state index < -0.39 is 6.09 Å². The van der Waals surface area contributed by atoms with Crippen LogP contribution in [0.1, 0.15) is 10.6 Å². The molecular formula is C11H11N3O2S2. The van der Waals surface area contributed by atoms with Gasteiger partial charge in [-0.2, -0.15) is 5.10 Å². The number of carbonyl (C=O) groups is 1. The lowest BCUT2D eigenvalue weighted by molar-refractivity contribution is 0.139. The summed E-state index contributed by atoms with van der Waals surface area (Å²) in [6, 6.07) is 9.49. The lowest BCUT2D eigenvalue weighted by Crippen LogP contribution is -2.23. The molecule has 0 fully saturated rings. The van der Waals surface area contributed by atoms with Crippen LogP contribution < -0.4 is 5.32 Å². The summed E-state index contributed by atoms with van der Waals surface area (Å²) in [6.45, 7) is 0.564. The molecule has 5 nitrogen and oxygen atoms in total. The lowest BCUT2D eigenvalue weighted by atomic mass is 10.2. The molecule has 0 spiro atoms. The first-order valence-electron chi connectivity index (χ1n) is 5.23. The van der Waals surface area contributed by atoms with Gasteiger partial charge in [0.2, 0.25) is 0 Å². The molecule has 1 aromatic heterocycles. The van der Waals surface area contributed by atoms with E-state index in [0.717, 1.165) is 10.6 Å². The Kier molecular flexibility index (Phi) is 4.43. The van der Waals surface area contributed by atoms with Crippen LogP contribution >= 0.6 is 23.6 Å². The van der Waals surface area contributed by atoms with Gasteiger partial charge in [-0.1, -0.05) is 41.7 Å². The van der Waals surface area contributed by atoms with Crippen LogP contribution in [0.4, 0.5) is 4.79 Å². The third-order valence-corrected chi connectivity index (χ3v) is 3.17. The topological polar surface area (TPSA) is 67.0 Å². The summed E-state index contributed by atoms with van der Waals surface area (Å²) in [4.78, 5) is 11.4. The second-order valence-corrected chi connectivity index (χ2v) is 5.17. The Labute approximate surface area is 113 Å². The number of benzene rings is 1. The second kappa shape index (κ2) is 6.27. The minimum atomic E-state index is -0.472. The molecule has 0 saturated carbocycles. The molecule has 0 aliphatic heterocycles. The summed E-state index contributed by atoms with van der Waals surface area (Å²) in [5.74, 6) is 0. The van der Waals surface area contributed by atoms with Gasteiger partial charge in [-0.25, -0.2) is 4.79 Å². The number of amides is 1. The number of carbonyl (C=O) groups excluding carboxylic acids is 1. The Balaban J connectivity index is 1.74. The number of alkyl carbamates (subject to hydrolysis) is 1. The number of hydrogen-bond acceptors (Lipinski definition) is 5. The third-order valence-electron chi connectivity index (χ3n) is 2.08. The first kappa shape index (κ1) is 12.7. The normalized spacial score (nSPS) is 10.0. The molecule has 2 rings (SSSR count). The van der Waals surface area contributed by atoms with E-state index >= 15 is 0 Å². The molecule has 18 heavy (non-hydrogen) atoms. The molecule has 0 unspecified atom stereocenters. The smallest absolute Gasteiger partial charge is 0.407 e. The van der Waals surface area contributed by atoms with Gasteiger partial charge in [0, 0.05) is 0 Å². The van der Waals surface area contributed by atoms with Gasteiger partial charge in [0.25, 0.3) is 0 Å². The maximum atomic E-state index is 11.4. The van der Waals surface area contributed by atoms with Crippen molar-refractivity contribution in [3.63, 3.8) is 0 Å². The van der Waals surface area contributed by atoms with E-state index in [1.165, 1.54) is 11.3 Å². The maximum Gasteiger partial charge on any atom is 0.407 e. The van der Waals surface area contributed by atoms with Crippen molar-refractivity contribution in [3.8, 4) is 0 Å². The molecule has 1 amide bonds. The molecule has 2 N–H and O–H groups in total. The fraction of sp³-hybridized carbons (Fsp3) is 0.182. The van der Waals surface area contributed by atoms with E-state index in [0.29, 0.717) is 10.5 Å². The van der Waals surface area contributed by atoms with E-state index in [-0.39, 0.29) is 6.61 Å². The zero-order chi connectivity index (χ0) is 12.8. The van der Waals surface area contributed by atoms with Crippen LogP contribution in [0, 0.1) is 3.95 Å². The number of aromatic nitrogens is 2.